The zero-order valence-electron chi connectivity index (χ0n) is 7.05. The van der Waals surface area contributed by atoms with Crippen LogP contribution in [0, 0.1) is 11.6 Å². The Hall–Kier alpha value is -1.31. The molecule has 84 valence electrons. The maximum Gasteiger partial charge on any atom is 0.341 e. The van der Waals surface area contributed by atoms with Gasteiger partial charge in [-0.25, -0.2) is 17.2 Å². The van der Waals surface area contributed by atoms with Gasteiger partial charge in [0.05, 0.1) is 0 Å². The number of benzene rings is 1. The van der Waals surface area contributed by atoms with Gasteiger partial charge in [-0.3, -0.25) is 0 Å². The first-order chi connectivity index (χ1) is 6.76. The summed E-state index contributed by atoms with van der Waals surface area (Å²) in [5.41, 5.74) is 4.59. The van der Waals surface area contributed by atoms with Crippen LogP contribution in [0.15, 0.2) is 17.0 Å². The molecule has 0 atom stereocenters. The van der Waals surface area contributed by atoms with Gasteiger partial charge in [-0.2, -0.15) is 8.78 Å². The second-order valence-electron chi connectivity index (χ2n) is 2.62. The molecule has 15 heavy (non-hydrogen) atoms. The molecule has 0 amide bonds. The average molecular weight is 243 g/mol. The minimum atomic E-state index is -5.29. The van der Waals surface area contributed by atoms with E-state index < -0.39 is 37.8 Å². The van der Waals surface area contributed by atoms with Gasteiger partial charge < -0.3 is 5.73 Å². The highest BCUT2D eigenvalue weighted by Gasteiger charge is 2.33. The van der Waals surface area contributed by atoms with E-state index in [0.717, 1.165) is 0 Å². The molecule has 0 saturated heterocycles. The van der Waals surface area contributed by atoms with Crippen LogP contribution in [0.1, 0.15) is 0 Å². The van der Waals surface area contributed by atoms with Gasteiger partial charge in [0.15, 0.2) is 0 Å². The highest BCUT2D eigenvalue weighted by Crippen LogP contribution is 2.26. The van der Waals surface area contributed by atoms with Gasteiger partial charge in [-0.1, -0.05) is 0 Å². The minimum Gasteiger partial charge on any atom is -0.399 e. The summed E-state index contributed by atoms with van der Waals surface area (Å²) < 4.78 is 71.5. The third-order valence-electron chi connectivity index (χ3n) is 1.54. The van der Waals surface area contributed by atoms with E-state index in [1.807, 2.05) is 0 Å². The first-order valence-corrected chi connectivity index (χ1v) is 5.08. The van der Waals surface area contributed by atoms with Gasteiger partial charge in [-0.15, -0.1) is 0 Å². The molecule has 1 aromatic carbocycles. The first kappa shape index (κ1) is 11.8. The number of alkyl halides is 2. The molecule has 0 spiro atoms. The lowest BCUT2D eigenvalue weighted by atomic mass is 10.3. The van der Waals surface area contributed by atoms with Crippen molar-refractivity contribution in [3.63, 3.8) is 0 Å². The fraction of sp³-hybridized carbons (Fsp3) is 0.143. The molecule has 0 aromatic heterocycles. The lowest BCUT2D eigenvalue weighted by molar-refractivity contribution is 0.233. The number of anilines is 1. The van der Waals surface area contributed by atoms with E-state index in [1.165, 1.54) is 0 Å². The molecule has 0 heterocycles. The molecule has 0 bridgehead atoms. The van der Waals surface area contributed by atoms with Crippen molar-refractivity contribution in [2.45, 2.75) is 10.7 Å². The minimum absolute atomic E-state index is 0.391. The SMILES string of the molecule is Nc1cc(F)c(S(=O)(=O)C(F)F)c(F)c1. The van der Waals surface area contributed by atoms with Crippen LogP contribution in [0.5, 0.6) is 0 Å². The third kappa shape index (κ3) is 2.04. The van der Waals surface area contributed by atoms with Gasteiger partial charge >= 0.3 is 5.76 Å². The highest BCUT2D eigenvalue weighted by molar-refractivity contribution is 7.91. The number of hydrogen-bond acceptors (Lipinski definition) is 3. The molecule has 0 aliphatic heterocycles. The van der Waals surface area contributed by atoms with Gasteiger partial charge in [0.1, 0.15) is 16.5 Å². The smallest absolute Gasteiger partial charge is 0.341 e. The van der Waals surface area contributed by atoms with Crippen LogP contribution in [0.25, 0.3) is 0 Å². The highest BCUT2D eigenvalue weighted by atomic mass is 32.2. The molecule has 0 unspecified atom stereocenters. The molecule has 0 radical (unpaired) electrons. The topological polar surface area (TPSA) is 60.2 Å². The fourth-order valence-electron chi connectivity index (χ4n) is 0.940. The zero-order chi connectivity index (χ0) is 11.8. The number of nitrogen functional groups attached to an aromatic ring is 1. The molecule has 0 aliphatic carbocycles. The van der Waals surface area contributed by atoms with Crippen molar-refractivity contribution >= 4 is 15.5 Å². The van der Waals surface area contributed by atoms with Crippen molar-refractivity contribution in [3.05, 3.63) is 23.8 Å². The van der Waals surface area contributed by atoms with E-state index in [-0.39, 0.29) is 0 Å². The molecule has 0 fully saturated rings. The summed E-state index contributed by atoms with van der Waals surface area (Å²) in [5.74, 6) is -7.15. The molecule has 0 saturated carbocycles. The van der Waals surface area contributed by atoms with Crippen LogP contribution in [-0.2, 0) is 9.84 Å². The fourth-order valence-corrected chi connectivity index (χ4v) is 1.78. The summed E-state index contributed by atoms with van der Waals surface area (Å²) in [6, 6.07) is 0.913. The van der Waals surface area contributed by atoms with E-state index in [1.54, 1.807) is 0 Å². The van der Waals surface area contributed by atoms with Crippen LogP contribution in [0.4, 0.5) is 23.2 Å². The number of halogens is 4. The lowest BCUT2D eigenvalue weighted by Gasteiger charge is -2.06. The molecule has 2 N–H and O–H groups in total. The summed E-state index contributed by atoms with van der Waals surface area (Å²) in [6.07, 6.45) is 0. The largest absolute Gasteiger partial charge is 0.399 e. The van der Waals surface area contributed by atoms with E-state index in [4.69, 9.17) is 5.73 Å². The maximum atomic E-state index is 12.9. The number of hydrogen-bond donors (Lipinski definition) is 1. The van der Waals surface area contributed by atoms with E-state index in [0.29, 0.717) is 12.1 Å². The van der Waals surface area contributed by atoms with Crippen molar-refractivity contribution in [2.24, 2.45) is 0 Å². The summed E-state index contributed by atoms with van der Waals surface area (Å²) in [4.78, 5) is -1.66. The van der Waals surface area contributed by atoms with Gasteiger partial charge in [0.2, 0.25) is 9.84 Å². The normalized spacial score (nSPS) is 12.1. The van der Waals surface area contributed by atoms with Gasteiger partial charge in [0.25, 0.3) is 0 Å². The lowest BCUT2D eigenvalue weighted by Crippen LogP contribution is -2.15. The molecule has 1 aromatic rings. The van der Waals surface area contributed by atoms with Crippen molar-refractivity contribution in [1.82, 2.24) is 0 Å². The second-order valence-corrected chi connectivity index (χ2v) is 4.47. The van der Waals surface area contributed by atoms with Crippen molar-refractivity contribution < 1.29 is 26.0 Å². The zero-order valence-corrected chi connectivity index (χ0v) is 7.86. The van der Waals surface area contributed by atoms with Crippen LogP contribution in [0.2, 0.25) is 0 Å². The van der Waals surface area contributed by atoms with Crippen molar-refractivity contribution in [1.29, 1.82) is 0 Å². The van der Waals surface area contributed by atoms with Crippen LogP contribution < -0.4 is 5.73 Å². The first-order valence-electron chi connectivity index (χ1n) is 3.53. The van der Waals surface area contributed by atoms with E-state index in [2.05, 4.69) is 0 Å². The predicted octanol–water partition coefficient (Wildman–Crippen LogP) is 1.54. The predicted molar refractivity (Wildman–Crippen MR) is 44.0 cm³/mol. The third-order valence-corrected chi connectivity index (χ3v) is 2.97. The standard InChI is InChI=1S/C7H5F4NO2S/c8-4-1-3(12)2-5(9)6(4)15(13,14)7(10)11/h1-2,7H,12H2. The Morgan fingerprint density at radius 3 is 1.87 bits per heavy atom. The van der Waals surface area contributed by atoms with Crippen LogP contribution in [0.3, 0.4) is 0 Å². The molecular formula is C7H5F4NO2S. The monoisotopic (exact) mass is 243 g/mol. The summed E-state index contributed by atoms with van der Waals surface area (Å²) in [5, 5.41) is 0. The van der Waals surface area contributed by atoms with E-state index in [9.17, 15) is 26.0 Å². The van der Waals surface area contributed by atoms with Crippen LogP contribution >= 0.6 is 0 Å². The van der Waals surface area contributed by atoms with Gasteiger partial charge in [-0.05, 0) is 12.1 Å². The number of rotatable bonds is 2. The summed E-state index contributed by atoms with van der Waals surface area (Å²) >= 11 is 0. The Bertz CT molecular complexity index is 463. The quantitative estimate of drug-likeness (QED) is 0.633. The molecule has 3 nitrogen and oxygen atoms in total. The number of sulfone groups is 1. The maximum absolute atomic E-state index is 12.9. The number of nitrogens with two attached hydrogens (primary N) is 1. The Labute approximate surface area is 82.4 Å². The molecule has 0 aliphatic rings. The summed E-state index contributed by atoms with van der Waals surface area (Å²) in [6.45, 7) is 0. The van der Waals surface area contributed by atoms with Crippen molar-refractivity contribution in [2.75, 3.05) is 5.73 Å². The van der Waals surface area contributed by atoms with Crippen LogP contribution in [-0.4, -0.2) is 14.2 Å². The Morgan fingerprint density at radius 1 is 1.13 bits per heavy atom. The Balaban J connectivity index is 3.52. The summed E-state index contributed by atoms with van der Waals surface area (Å²) in [7, 11) is -5.29. The Morgan fingerprint density at radius 2 is 1.53 bits per heavy atom. The Kier molecular flexibility index (Phi) is 2.89. The van der Waals surface area contributed by atoms with Gasteiger partial charge in [0, 0.05) is 5.69 Å². The molecular weight excluding hydrogens is 238 g/mol. The van der Waals surface area contributed by atoms with E-state index >= 15 is 0 Å². The van der Waals surface area contributed by atoms with Crippen molar-refractivity contribution in [3.8, 4) is 0 Å². The average Bonchev–Trinajstić information content (AvgIpc) is 2.00. The second kappa shape index (κ2) is 3.69. The molecule has 1 rings (SSSR count). The molecule has 8 heteroatoms.